The normalized spacial score (nSPS) is 16.4. The lowest BCUT2D eigenvalue weighted by Crippen LogP contribution is -2.33. The second-order valence-corrected chi connectivity index (χ2v) is 7.14. The van der Waals surface area contributed by atoms with Gasteiger partial charge in [-0.1, -0.05) is 0 Å². The van der Waals surface area contributed by atoms with Crippen LogP contribution >= 0.6 is 0 Å². The molecular weight excluding hydrogens is 374 g/mol. The van der Waals surface area contributed by atoms with E-state index in [-0.39, 0.29) is 22.9 Å². The van der Waals surface area contributed by atoms with Crippen LogP contribution in [0, 0.1) is 0 Å². The first-order valence-electron chi connectivity index (χ1n) is 9.39. The Morgan fingerprint density at radius 3 is 2.34 bits per heavy atom. The van der Waals surface area contributed by atoms with E-state index in [1.165, 1.54) is 4.57 Å². The Kier molecular flexibility index (Phi) is 4.57. The zero-order valence-corrected chi connectivity index (χ0v) is 16.0. The predicted octanol–water partition coefficient (Wildman–Crippen LogP) is 0.362. The van der Waals surface area contributed by atoms with Gasteiger partial charge in [-0.05, 0) is 30.7 Å². The van der Waals surface area contributed by atoms with Gasteiger partial charge in [0.05, 0.1) is 16.8 Å². The summed E-state index contributed by atoms with van der Waals surface area (Å²) in [5.74, 6) is -1.20. The fourth-order valence-electron chi connectivity index (χ4n) is 3.85. The summed E-state index contributed by atoms with van der Waals surface area (Å²) in [6.07, 6.45) is 0.877. The summed E-state index contributed by atoms with van der Waals surface area (Å²) in [5, 5.41) is 2.15. The number of amides is 3. The van der Waals surface area contributed by atoms with Crippen LogP contribution in [0.4, 0.5) is 11.5 Å². The standard InChI is InChI=1S/C20H21N5O4/c1-12(26)23-7-2-8-24(10-9-23)13-3-5-14(6-4-13)25-16(27)11-15-17(18(25)21)20(29)22-19(15)28/h3-6,11H,2,7-10,21H2,1H3,(H,22,28,29). The molecule has 0 atom stereocenters. The first kappa shape index (κ1) is 18.7. The summed E-state index contributed by atoms with van der Waals surface area (Å²) in [5.41, 5.74) is 7.09. The number of fused-ring (bicyclic) bond motifs is 1. The van der Waals surface area contributed by atoms with E-state index in [9.17, 15) is 19.2 Å². The first-order chi connectivity index (χ1) is 13.9. The van der Waals surface area contributed by atoms with Crippen LogP contribution in [0.1, 0.15) is 34.1 Å². The smallest absolute Gasteiger partial charge is 0.262 e. The van der Waals surface area contributed by atoms with Gasteiger partial charge in [0.15, 0.2) is 0 Å². The summed E-state index contributed by atoms with van der Waals surface area (Å²) < 4.78 is 1.22. The van der Waals surface area contributed by atoms with Gasteiger partial charge in [-0.2, -0.15) is 0 Å². The summed E-state index contributed by atoms with van der Waals surface area (Å²) in [4.78, 5) is 51.9. The lowest BCUT2D eigenvalue weighted by atomic mass is 10.1. The Labute approximate surface area is 166 Å². The van der Waals surface area contributed by atoms with E-state index in [0.29, 0.717) is 12.2 Å². The molecule has 1 aromatic heterocycles. The molecule has 3 amide bonds. The number of nitrogens with zero attached hydrogens (tertiary/aromatic N) is 3. The molecule has 150 valence electrons. The largest absolute Gasteiger partial charge is 0.384 e. The van der Waals surface area contributed by atoms with Crippen molar-refractivity contribution in [2.24, 2.45) is 0 Å². The molecule has 1 fully saturated rings. The molecule has 0 saturated carbocycles. The molecule has 2 aliphatic heterocycles. The van der Waals surface area contributed by atoms with E-state index in [1.54, 1.807) is 19.1 Å². The van der Waals surface area contributed by atoms with Crippen LogP contribution in [0.25, 0.3) is 5.69 Å². The lowest BCUT2D eigenvalue weighted by Gasteiger charge is -2.23. The quantitative estimate of drug-likeness (QED) is 0.709. The van der Waals surface area contributed by atoms with Gasteiger partial charge in [0.25, 0.3) is 17.4 Å². The van der Waals surface area contributed by atoms with Crippen molar-refractivity contribution in [1.29, 1.82) is 0 Å². The maximum absolute atomic E-state index is 12.5. The van der Waals surface area contributed by atoms with Crippen molar-refractivity contribution >= 4 is 29.2 Å². The molecule has 3 heterocycles. The molecule has 3 N–H and O–H groups in total. The average molecular weight is 395 g/mol. The number of hydrogen-bond donors (Lipinski definition) is 2. The number of rotatable bonds is 2. The number of carbonyl (C=O) groups excluding carboxylic acids is 3. The van der Waals surface area contributed by atoms with E-state index < -0.39 is 17.4 Å². The molecule has 0 radical (unpaired) electrons. The summed E-state index contributed by atoms with van der Waals surface area (Å²) in [7, 11) is 0. The fraction of sp³-hybridized carbons (Fsp3) is 0.300. The van der Waals surface area contributed by atoms with Crippen LogP contribution in [0.5, 0.6) is 0 Å². The Morgan fingerprint density at radius 1 is 0.966 bits per heavy atom. The van der Waals surface area contributed by atoms with Gasteiger partial charge >= 0.3 is 0 Å². The zero-order valence-electron chi connectivity index (χ0n) is 16.0. The summed E-state index contributed by atoms with van der Waals surface area (Å²) in [6, 6.07) is 8.39. The minimum Gasteiger partial charge on any atom is -0.384 e. The number of anilines is 2. The summed E-state index contributed by atoms with van der Waals surface area (Å²) in [6.45, 7) is 4.54. The highest BCUT2D eigenvalue weighted by Crippen LogP contribution is 2.24. The molecule has 1 aromatic carbocycles. The van der Waals surface area contributed by atoms with Crippen molar-refractivity contribution in [3.05, 3.63) is 51.8 Å². The molecule has 1 saturated heterocycles. The number of hydrogen-bond acceptors (Lipinski definition) is 6. The topological polar surface area (TPSA) is 118 Å². The highest BCUT2D eigenvalue weighted by atomic mass is 16.2. The second-order valence-electron chi connectivity index (χ2n) is 7.14. The van der Waals surface area contributed by atoms with Crippen LogP contribution in [0.15, 0.2) is 35.1 Å². The fourth-order valence-corrected chi connectivity index (χ4v) is 3.85. The van der Waals surface area contributed by atoms with Gasteiger partial charge in [0, 0.05) is 44.9 Å². The highest BCUT2D eigenvalue weighted by molar-refractivity contribution is 6.23. The Hall–Kier alpha value is -3.62. The molecule has 0 bridgehead atoms. The molecule has 29 heavy (non-hydrogen) atoms. The number of nitrogens with two attached hydrogens (primary N) is 1. The number of carbonyl (C=O) groups is 3. The third-order valence-electron chi connectivity index (χ3n) is 5.37. The number of aromatic nitrogens is 1. The van der Waals surface area contributed by atoms with E-state index in [1.807, 2.05) is 17.0 Å². The number of nitrogens with one attached hydrogen (secondary N) is 1. The molecule has 9 heteroatoms. The SMILES string of the molecule is CC(=O)N1CCCN(c2ccc(-n3c(N)c4c(cc3=O)C(=O)NC4=O)cc2)CC1. The maximum Gasteiger partial charge on any atom is 0.262 e. The predicted molar refractivity (Wildman–Crippen MR) is 107 cm³/mol. The number of benzene rings is 1. The average Bonchev–Trinajstić information content (AvgIpc) is 2.86. The van der Waals surface area contributed by atoms with Gasteiger partial charge in [0.2, 0.25) is 5.91 Å². The van der Waals surface area contributed by atoms with Crippen LogP contribution in [0.3, 0.4) is 0 Å². The summed E-state index contributed by atoms with van der Waals surface area (Å²) >= 11 is 0. The Bertz CT molecular complexity index is 1070. The third-order valence-corrected chi connectivity index (χ3v) is 5.37. The molecule has 2 aliphatic rings. The first-order valence-corrected chi connectivity index (χ1v) is 9.39. The molecule has 4 rings (SSSR count). The monoisotopic (exact) mass is 395 g/mol. The minimum absolute atomic E-state index is 0.00459. The minimum atomic E-state index is -0.614. The van der Waals surface area contributed by atoms with E-state index >= 15 is 0 Å². The number of imide groups is 1. The van der Waals surface area contributed by atoms with Crippen LogP contribution in [-0.2, 0) is 4.79 Å². The third kappa shape index (κ3) is 3.24. The second kappa shape index (κ2) is 7.08. The van der Waals surface area contributed by atoms with Crippen molar-refractivity contribution < 1.29 is 14.4 Å². The van der Waals surface area contributed by atoms with E-state index in [4.69, 9.17) is 5.73 Å². The van der Waals surface area contributed by atoms with E-state index in [0.717, 1.165) is 37.8 Å². The van der Waals surface area contributed by atoms with Crippen molar-refractivity contribution in [1.82, 2.24) is 14.8 Å². The van der Waals surface area contributed by atoms with E-state index in [2.05, 4.69) is 10.2 Å². The molecule has 2 aromatic rings. The zero-order chi connectivity index (χ0) is 20.7. The molecule has 9 nitrogen and oxygen atoms in total. The van der Waals surface area contributed by atoms with Crippen molar-refractivity contribution in [2.75, 3.05) is 36.8 Å². The lowest BCUT2D eigenvalue weighted by molar-refractivity contribution is -0.128. The van der Waals surface area contributed by atoms with Gasteiger partial charge in [-0.15, -0.1) is 0 Å². The molecule has 0 spiro atoms. The van der Waals surface area contributed by atoms with Crippen molar-refractivity contribution in [2.45, 2.75) is 13.3 Å². The molecular formula is C20H21N5O4. The van der Waals surface area contributed by atoms with Gasteiger partial charge in [0.1, 0.15) is 5.82 Å². The maximum atomic E-state index is 12.5. The van der Waals surface area contributed by atoms with Crippen molar-refractivity contribution in [3.63, 3.8) is 0 Å². The van der Waals surface area contributed by atoms with Crippen molar-refractivity contribution in [3.8, 4) is 5.69 Å². The van der Waals surface area contributed by atoms with Crippen LogP contribution in [0.2, 0.25) is 0 Å². The number of nitrogen functional groups attached to an aromatic ring is 1. The van der Waals surface area contributed by atoms with Crippen LogP contribution < -0.4 is 21.5 Å². The van der Waals surface area contributed by atoms with Gasteiger partial charge < -0.3 is 15.5 Å². The van der Waals surface area contributed by atoms with Gasteiger partial charge in [-0.25, -0.2) is 0 Å². The van der Waals surface area contributed by atoms with Gasteiger partial charge in [-0.3, -0.25) is 29.1 Å². The van der Waals surface area contributed by atoms with Crippen LogP contribution in [-0.4, -0.2) is 53.4 Å². The Morgan fingerprint density at radius 2 is 1.66 bits per heavy atom. The Balaban J connectivity index is 1.63. The molecule has 0 aliphatic carbocycles. The molecule has 0 unspecified atom stereocenters. The number of pyridine rings is 1. The highest BCUT2D eigenvalue weighted by Gasteiger charge is 2.31.